The first-order chi connectivity index (χ1) is 5.83. The van der Waals surface area contributed by atoms with Gasteiger partial charge in [0.25, 0.3) is 0 Å². The van der Waals surface area contributed by atoms with E-state index in [4.69, 9.17) is 20.4 Å². The molecule has 0 fully saturated rings. The molecular formula is C8H18O4. The molecule has 0 heterocycles. The van der Waals surface area contributed by atoms with Crippen LogP contribution in [-0.2, 0) is 0 Å². The number of hydrogen-bond acceptors (Lipinski definition) is 4. The van der Waals surface area contributed by atoms with Crippen LogP contribution in [0.2, 0.25) is 0 Å². The molecule has 0 aliphatic carbocycles. The van der Waals surface area contributed by atoms with E-state index in [1.807, 2.05) is 0 Å². The minimum absolute atomic E-state index is 0.108. The fraction of sp³-hybridized carbons (Fsp3) is 0.750. The Labute approximate surface area is 72.8 Å². The fourth-order valence-corrected chi connectivity index (χ4v) is 0.373. The van der Waals surface area contributed by atoms with E-state index in [9.17, 15) is 0 Å². The highest BCUT2D eigenvalue weighted by atomic mass is 16.3. The molecule has 0 saturated carbocycles. The van der Waals surface area contributed by atoms with Gasteiger partial charge in [-0.1, -0.05) is 0 Å². The van der Waals surface area contributed by atoms with Crippen molar-refractivity contribution in [1.82, 2.24) is 0 Å². The van der Waals surface area contributed by atoms with Crippen LogP contribution in [0.15, 0.2) is 12.3 Å². The maximum atomic E-state index is 8.09. The van der Waals surface area contributed by atoms with E-state index in [0.29, 0.717) is 6.42 Å². The first-order valence-corrected chi connectivity index (χ1v) is 3.95. The second kappa shape index (κ2) is 16.8. The van der Waals surface area contributed by atoms with E-state index in [1.165, 1.54) is 6.08 Å². The lowest BCUT2D eigenvalue weighted by molar-refractivity contribution is 0.242. The van der Waals surface area contributed by atoms with Crippen molar-refractivity contribution in [1.29, 1.82) is 0 Å². The van der Waals surface area contributed by atoms with Gasteiger partial charge in [0, 0.05) is 19.8 Å². The summed E-state index contributed by atoms with van der Waals surface area (Å²) in [6, 6.07) is 0. The average molecular weight is 178 g/mol. The molecule has 0 spiro atoms. The first kappa shape index (κ1) is 14.0. The molecule has 0 aromatic rings. The minimum atomic E-state index is 0.108. The Morgan fingerprint density at radius 3 is 1.50 bits per heavy atom. The van der Waals surface area contributed by atoms with Crippen LogP contribution in [-0.4, -0.2) is 40.2 Å². The second-order valence-corrected chi connectivity index (χ2v) is 2.05. The number of unbranched alkanes of at least 4 members (excludes halogenated alkanes) is 1. The number of aliphatic hydroxyl groups excluding tert-OH is 4. The van der Waals surface area contributed by atoms with Gasteiger partial charge in [-0.2, -0.15) is 0 Å². The molecule has 0 saturated heterocycles. The predicted molar refractivity (Wildman–Crippen MR) is 46.9 cm³/mol. The summed E-state index contributed by atoms with van der Waals surface area (Å²) >= 11 is 0. The Balaban J connectivity index is 0. The van der Waals surface area contributed by atoms with Crippen molar-refractivity contribution in [2.75, 3.05) is 19.8 Å². The summed E-state index contributed by atoms with van der Waals surface area (Å²) in [4.78, 5) is 0. The summed E-state index contributed by atoms with van der Waals surface area (Å²) in [6.45, 7) is 0.498. The van der Waals surface area contributed by atoms with Crippen LogP contribution in [0.1, 0.15) is 19.3 Å². The number of hydrogen-bond donors (Lipinski definition) is 4. The monoisotopic (exact) mass is 178 g/mol. The standard InChI is InChI=1S/C4H10O2.C4H8O2/c2*5-3-1-2-4-6/h5-6H,1-4H2;1,3,5-6H,2,4H2. The second-order valence-electron chi connectivity index (χ2n) is 2.05. The molecule has 4 heteroatoms. The summed E-state index contributed by atoms with van der Waals surface area (Å²) in [5, 5.41) is 32.1. The molecule has 4 nitrogen and oxygen atoms in total. The minimum Gasteiger partial charge on any atom is -0.516 e. The van der Waals surface area contributed by atoms with E-state index in [1.54, 1.807) is 0 Å². The van der Waals surface area contributed by atoms with Crippen LogP contribution in [0, 0.1) is 0 Å². The van der Waals surface area contributed by atoms with Gasteiger partial charge in [0.05, 0.1) is 6.26 Å². The van der Waals surface area contributed by atoms with E-state index in [2.05, 4.69) is 0 Å². The molecule has 0 atom stereocenters. The Morgan fingerprint density at radius 1 is 0.833 bits per heavy atom. The van der Waals surface area contributed by atoms with Crippen LogP contribution in [0.5, 0.6) is 0 Å². The van der Waals surface area contributed by atoms with E-state index < -0.39 is 0 Å². The maximum Gasteiger partial charge on any atom is 0.0752 e. The lowest BCUT2D eigenvalue weighted by atomic mass is 10.3. The molecule has 0 amide bonds. The van der Waals surface area contributed by atoms with Crippen LogP contribution in [0.25, 0.3) is 0 Å². The van der Waals surface area contributed by atoms with Crippen LogP contribution < -0.4 is 0 Å². The number of aliphatic hydroxyl groups is 4. The van der Waals surface area contributed by atoms with Crippen molar-refractivity contribution in [2.24, 2.45) is 0 Å². The van der Waals surface area contributed by atoms with Gasteiger partial charge in [-0.05, 0) is 25.3 Å². The molecule has 12 heavy (non-hydrogen) atoms. The van der Waals surface area contributed by atoms with Crippen LogP contribution in [0.4, 0.5) is 0 Å². The highest BCUT2D eigenvalue weighted by Gasteiger charge is 1.77. The SMILES string of the molecule is OC=CCCO.OCCCCO. The molecular weight excluding hydrogens is 160 g/mol. The molecule has 0 aliphatic heterocycles. The van der Waals surface area contributed by atoms with Crippen molar-refractivity contribution >= 4 is 0 Å². The predicted octanol–water partition coefficient (Wildman–Crippen LogP) is 0.192. The number of rotatable bonds is 5. The van der Waals surface area contributed by atoms with Crippen LogP contribution >= 0.6 is 0 Å². The zero-order valence-electron chi connectivity index (χ0n) is 7.19. The Bertz CT molecular complexity index is 79.1. The Kier molecular flexibility index (Phi) is 19.6. The molecule has 0 radical (unpaired) electrons. The Morgan fingerprint density at radius 2 is 1.33 bits per heavy atom. The van der Waals surface area contributed by atoms with Gasteiger partial charge in [-0.25, -0.2) is 0 Å². The van der Waals surface area contributed by atoms with E-state index >= 15 is 0 Å². The average Bonchev–Trinajstić information content (AvgIpc) is 2.12. The van der Waals surface area contributed by atoms with Gasteiger partial charge < -0.3 is 20.4 Å². The highest BCUT2D eigenvalue weighted by molar-refractivity contribution is 4.69. The quantitative estimate of drug-likeness (QED) is 0.358. The van der Waals surface area contributed by atoms with Gasteiger partial charge >= 0.3 is 0 Å². The molecule has 4 N–H and O–H groups in total. The third-order valence-corrected chi connectivity index (χ3v) is 0.967. The molecule has 0 aliphatic rings. The van der Waals surface area contributed by atoms with Crippen molar-refractivity contribution in [3.63, 3.8) is 0 Å². The lowest BCUT2D eigenvalue weighted by Crippen LogP contribution is -1.85. The zero-order valence-corrected chi connectivity index (χ0v) is 7.19. The van der Waals surface area contributed by atoms with Crippen molar-refractivity contribution < 1.29 is 20.4 Å². The van der Waals surface area contributed by atoms with E-state index in [0.717, 1.165) is 19.1 Å². The molecule has 74 valence electrons. The normalized spacial score (nSPS) is 9.58. The Hall–Kier alpha value is -0.580. The molecule has 0 bridgehead atoms. The maximum absolute atomic E-state index is 8.09. The van der Waals surface area contributed by atoms with Gasteiger partial charge in [-0.15, -0.1) is 0 Å². The van der Waals surface area contributed by atoms with Crippen molar-refractivity contribution in [3.8, 4) is 0 Å². The van der Waals surface area contributed by atoms with Crippen molar-refractivity contribution in [2.45, 2.75) is 19.3 Å². The van der Waals surface area contributed by atoms with Gasteiger partial charge in [0.2, 0.25) is 0 Å². The highest BCUT2D eigenvalue weighted by Crippen LogP contribution is 1.80. The summed E-state index contributed by atoms with van der Waals surface area (Å²) in [6.07, 6.45) is 4.39. The summed E-state index contributed by atoms with van der Waals surface area (Å²) in [5.41, 5.74) is 0. The van der Waals surface area contributed by atoms with Gasteiger partial charge in [0.15, 0.2) is 0 Å². The first-order valence-electron chi connectivity index (χ1n) is 3.95. The third kappa shape index (κ3) is 22.7. The smallest absolute Gasteiger partial charge is 0.0752 e. The molecule has 0 rings (SSSR count). The largest absolute Gasteiger partial charge is 0.516 e. The molecule has 0 aromatic carbocycles. The third-order valence-electron chi connectivity index (χ3n) is 0.967. The summed E-state index contributed by atoms with van der Waals surface area (Å²) < 4.78 is 0. The summed E-state index contributed by atoms with van der Waals surface area (Å²) in [5.74, 6) is 0. The van der Waals surface area contributed by atoms with Gasteiger partial charge in [0.1, 0.15) is 0 Å². The topological polar surface area (TPSA) is 80.9 Å². The van der Waals surface area contributed by atoms with Crippen LogP contribution in [0.3, 0.4) is 0 Å². The molecule has 0 unspecified atom stereocenters. The van der Waals surface area contributed by atoms with E-state index in [-0.39, 0.29) is 19.8 Å². The van der Waals surface area contributed by atoms with Gasteiger partial charge in [-0.3, -0.25) is 0 Å². The zero-order chi connectivity index (χ0) is 9.66. The fourth-order valence-electron chi connectivity index (χ4n) is 0.373. The van der Waals surface area contributed by atoms with Crippen molar-refractivity contribution in [3.05, 3.63) is 12.3 Å². The lowest BCUT2D eigenvalue weighted by Gasteiger charge is -1.85. The molecule has 0 aromatic heterocycles. The summed E-state index contributed by atoms with van der Waals surface area (Å²) in [7, 11) is 0.